The molecule has 1 atom stereocenters. The van der Waals surface area contributed by atoms with Gasteiger partial charge in [-0.2, -0.15) is 0 Å². The van der Waals surface area contributed by atoms with Crippen molar-refractivity contribution in [3.05, 3.63) is 34.6 Å². The van der Waals surface area contributed by atoms with Crippen molar-refractivity contribution in [1.29, 1.82) is 0 Å². The Balaban J connectivity index is 1.25. The zero-order valence-electron chi connectivity index (χ0n) is 17.1. The summed E-state index contributed by atoms with van der Waals surface area (Å²) in [4.78, 5) is 16.8. The molecule has 1 saturated carbocycles. The van der Waals surface area contributed by atoms with Crippen LogP contribution in [-0.2, 0) is 11.2 Å². The van der Waals surface area contributed by atoms with Crippen LogP contribution in [0.3, 0.4) is 0 Å². The number of rotatable bonds is 5. The molecule has 0 aromatic heterocycles. The van der Waals surface area contributed by atoms with Crippen LogP contribution in [0, 0.1) is 17.7 Å². The molecule has 0 bridgehead atoms. The third-order valence-electron chi connectivity index (χ3n) is 6.89. The molecule has 1 amide bonds. The van der Waals surface area contributed by atoms with Gasteiger partial charge in [-0.05, 0) is 74.9 Å². The van der Waals surface area contributed by atoms with Crippen LogP contribution in [0.4, 0.5) is 9.18 Å². The fourth-order valence-electron chi connectivity index (χ4n) is 5.23. The first kappa shape index (κ1) is 20.9. The third kappa shape index (κ3) is 5.43. The standard InChI is InChI=1S/C23H32ClFN2O2/c24-22-7-6-20(25)13-19(22)12-17-8-10-26(11-9-17)14-18-15-27(23(28)29-16-18)21-4-2-1-3-5-21/h6-7,13,17-18,21H,1-5,8-12,14-16H2. The molecule has 1 aromatic carbocycles. The number of halogens is 2. The first-order chi connectivity index (χ1) is 14.1. The number of nitrogens with zero attached hydrogens (tertiary/aromatic N) is 2. The summed E-state index contributed by atoms with van der Waals surface area (Å²) in [5.41, 5.74) is 0.924. The number of ether oxygens (including phenoxy) is 1. The molecule has 4 nitrogen and oxygen atoms in total. The fourth-order valence-corrected chi connectivity index (χ4v) is 5.42. The number of piperidine rings is 1. The molecular formula is C23H32ClFN2O2. The van der Waals surface area contributed by atoms with Gasteiger partial charge in [-0.15, -0.1) is 0 Å². The van der Waals surface area contributed by atoms with E-state index >= 15 is 0 Å². The van der Waals surface area contributed by atoms with E-state index in [1.54, 1.807) is 12.1 Å². The molecule has 2 heterocycles. The number of hydrogen-bond acceptors (Lipinski definition) is 3. The Morgan fingerprint density at radius 3 is 2.59 bits per heavy atom. The van der Waals surface area contributed by atoms with Gasteiger partial charge in [-0.3, -0.25) is 0 Å². The van der Waals surface area contributed by atoms with Crippen molar-refractivity contribution >= 4 is 17.7 Å². The lowest BCUT2D eigenvalue weighted by Gasteiger charge is -2.41. The summed E-state index contributed by atoms with van der Waals surface area (Å²) in [6.45, 7) is 4.46. The molecule has 0 N–H and O–H groups in total. The van der Waals surface area contributed by atoms with Crippen LogP contribution in [0.25, 0.3) is 0 Å². The number of cyclic esters (lactones) is 1. The van der Waals surface area contributed by atoms with Gasteiger partial charge in [-0.1, -0.05) is 30.9 Å². The molecule has 0 radical (unpaired) electrons. The largest absolute Gasteiger partial charge is 0.449 e. The van der Waals surface area contributed by atoms with Gasteiger partial charge in [0.25, 0.3) is 0 Å². The summed E-state index contributed by atoms with van der Waals surface area (Å²) >= 11 is 6.24. The molecule has 29 heavy (non-hydrogen) atoms. The van der Waals surface area contributed by atoms with Crippen LogP contribution in [0.15, 0.2) is 18.2 Å². The lowest BCUT2D eigenvalue weighted by Crippen LogP contribution is -2.52. The van der Waals surface area contributed by atoms with E-state index in [2.05, 4.69) is 4.90 Å². The van der Waals surface area contributed by atoms with Gasteiger partial charge in [0.15, 0.2) is 0 Å². The zero-order valence-corrected chi connectivity index (χ0v) is 17.9. The van der Waals surface area contributed by atoms with Crippen LogP contribution in [0.1, 0.15) is 50.5 Å². The van der Waals surface area contributed by atoms with E-state index < -0.39 is 0 Å². The summed E-state index contributed by atoms with van der Waals surface area (Å²) in [5.74, 6) is 0.730. The Morgan fingerprint density at radius 2 is 1.83 bits per heavy atom. The second-order valence-electron chi connectivity index (χ2n) is 9.07. The molecule has 4 rings (SSSR count). The number of carbonyl (C=O) groups is 1. The highest BCUT2D eigenvalue weighted by Crippen LogP contribution is 2.29. The summed E-state index contributed by atoms with van der Waals surface area (Å²) < 4.78 is 19.0. The van der Waals surface area contributed by atoms with E-state index in [0.29, 0.717) is 29.5 Å². The summed E-state index contributed by atoms with van der Waals surface area (Å²) in [6, 6.07) is 5.03. The highest BCUT2D eigenvalue weighted by molar-refractivity contribution is 6.31. The minimum atomic E-state index is -0.212. The maximum Gasteiger partial charge on any atom is 0.410 e. The highest BCUT2D eigenvalue weighted by atomic mass is 35.5. The molecule has 3 fully saturated rings. The zero-order chi connectivity index (χ0) is 20.2. The second kappa shape index (κ2) is 9.65. The Hall–Kier alpha value is -1.33. The molecule has 160 valence electrons. The molecule has 0 spiro atoms. The van der Waals surface area contributed by atoms with Gasteiger partial charge in [0.05, 0.1) is 6.61 Å². The third-order valence-corrected chi connectivity index (χ3v) is 7.26. The van der Waals surface area contributed by atoms with E-state index in [-0.39, 0.29) is 11.9 Å². The summed E-state index contributed by atoms with van der Waals surface area (Å²) in [5, 5.41) is 0.667. The Labute approximate surface area is 178 Å². The molecule has 2 aliphatic heterocycles. The highest BCUT2D eigenvalue weighted by Gasteiger charge is 2.34. The first-order valence-corrected chi connectivity index (χ1v) is 11.6. The van der Waals surface area contributed by atoms with Crippen molar-refractivity contribution in [2.45, 2.75) is 57.4 Å². The maximum atomic E-state index is 13.5. The van der Waals surface area contributed by atoms with Crippen molar-refractivity contribution in [3.63, 3.8) is 0 Å². The summed E-state index contributed by atoms with van der Waals surface area (Å²) in [7, 11) is 0. The van der Waals surface area contributed by atoms with Gasteiger partial charge < -0.3 is 14.5 Å². The average molecular weight is 423 g/mol. The molecule has 1 aliphatic carbocycles. The number of amides is 1. The SMILES string of the molecule is O=C1OCC(CN2CCC(Cc3cc(F)ccc3Cl)CC2)CN1C1CCCCC1. The predicted octanol–water partition coefficient (Wildman–Crippen LogP) is 5.13. The molecule has 3 aliphatic rings. The van der Waals surface area contributed by atoms with Crippen LogP contribution in [0.2, 0.25) is 5.02 Å². The van der Waals surface area contributed by atoms with Crippen molar-refractivity contribution in [1.82, 2.24) is 9.80 Å². The minimum absolute atomic E-state index is 0.112. The molecule has 1 aromatic rings. The second-order valence-corrected chi connectivity index (χ2v) is 9.48. The summed E-state index contributed by atoms with van der Waals surface area (Å²) in [6.07, 6.45) is 8.92. The molecular weight excluding hydrogens is 391 g/mol. The number of hydrogen-bond donors (Lipinski definition) is 0. The smallest absolute Gasteiger partial charge is 0.410 e. The van der Waals surface area contributed by atoms with Crippen molar-refractivity contribution < 1.29 is 13.9 Å². The normalized spacial score (nSPS) is 25.2. The Kier molecular flexibility index (Phi) is 6.96. The van der Waals surface area contributed by atoms with Crippen LogP contribution >= 0.6 is 11.6 Å². The van der Waals surface area contributed by atoms with E-state index in [1.807, 2.05) is 4.90 Å². The number of likely N-dealkylation sites (tertiary alicyclic amines) is 1. The number of benzene rings is 1. The van der Waals surface area contributed by atoms with E-state index in [4.69, 9.17) is 16.3 Å². The predicted molar refractivity (Wildman–Crippen MR) is 113 cm³/mol. The number of carbonyl (C=O) groups excluding carboxylic acids is 1. The quantitative estimate of drug-likeness (QED) is 0.659. The molecule has 1 unspecified atom stereocenters. The van der Waals surface area contributed by atoms with Gasteiger partial charge in [0.1, 0.15) is 5.82 Å². The monoisotopic (exact) mass is 422 g/mol. The Morgan fingerprint density at radius 1 is 1.07 bits per heavy atom. The lowest BCUT2D eigenvalue weighted by molar-refractivity contribution is 0.00642. The Bertz CT molecular complexity index is 702. The molecule has 6 heteroatoms. The maximum absolute atomic E-state index is 13.5. The van der Waals surface area contributed by atoms with E-state index in [0.717, 1.165) is 63.8 Å². The lowest BCUT2D eigenvalue weighted by atomic mass is 9.89. The fraction of sp³-hybridized carbons (Fsp3) is 0.696. The van der Waals surface area contributed by atoms with Crippen molar-refractivity contribution in [3.8, 4) is 0 Å². The van der Waals surface area contributed by atoms with Gasteiger partial charge >= 0.3 is 6.09 Å². The van der Waals surface area contributed by atoms with Crippen molar-refractivity contribution in [2.75, 3.05) is 32.8 Å². The average Bonchev–Trinajstić information content (AvgIpc) is 2.74. The van der Waals surface area contributed by atoms with Gasteiger partial charge in [0.2, 0.25) is 0 Å². The van der Waals surface area contributed by atoms with Gasteiger partial charge in [-0.25, -0.2) is 9.18 Å². The van der Waals surface area contributed by atoms with Crippen LogP contribution in [0.5, 0.6) is 0 Å². The van der Waals surface area contributed by atoms with Crippen LogP contribution < -0.4 is 0 Å². The topological polar surface area (TPSA) is 32.8 Å². The molecule has 2 saturated heterocycles. The van der Waals surface area contributed by atoms with E-state index in [9.17, 15) is 9.18 Å². The minimum Gasteiger partial charge on any atom is -0.449 e. The van der Waals surface area contributed by atoms with E-state index in [1.165, 1.54) is 25.3 Å². The first-order valence-electron chi connectivity index (χ1n) is 11.2. The van der Waals surface area contributed by atoms with Gasteiger partial charge in [0, 0.05) is 30.1 Å². The van der Waals surface area contributed by atoms with Crippen LogP contribution in [-0.4, -0.2) is 54.7 Å². The van der Waals surface area contributed by atoms with Crippen molar-refractivity contribution in [2.24, 2.45) is 11.8 Å².